The van der Waals surface area contributed by atoms with Crippen LogP contribution in [0.4, 0.5) is 17.1 Å². The Hall–Kier alpha value is -4.58. The molecule has 1 aromatic heterocycles. The lowest BCUT2D eigenvalue weighted by molar-refractivity contribution is -0.118. The number of H-pyrrole nitrogens is 2. The Morgan fingerprint density at radius 3 is 2.59 bits per heavy atom. The Bertz CT molecular complexity index is 1620. The van der Waals surface area contributed by atoms with Crippen molar-refractivity contribution in [2.75, 3.05) is 22.0 Å². The summed E-state index contributed by atoms with van der Waals surface area (Å²) in [6, 6.07) is 15.0. The van der Waals surface area contributed by atoms with Crippen molar-refractivity contribution >= 4 is 49.9 Å². The Balaban J connectivity index is 1.40. The van der Waals surface area contributed by atoms with Gasteiger partial charge < -0.3 is 25.3 Å². The van der Waals surface area contributed by atoms with E-state index in [0.717, 1.165) is 0 Å². The number of fused-ring (bicyclic) bond motifs is 2. The molecule has 2 heterocycles. The minimum Gasteiger partial charge on any atom is -0.482 e. The van der Waals surface area contributed by atoms with Crippen molar-refractivity contribution in [1.29, 1.82) is 0 Å². The quantitative estimate of drug-likeness (QED) is 0.295. The zero-order valence-corrected chi connectivity index (χ0v) is 18.2. The van der Waals surface area contributed by atoms with Gasteiger partial charge in [0, 0.05) is 5.69 Å². The maximum Gasteiger partial charge on any atom is 0.323 e. The minimum absolute atomic E-state index is 0.0669. The second-order valence-electron chi connectivity index (χ2n) is 7.44. The number of para-hydroxylation sites is 1. The largest absolute Gasteiger partial charge is 0.482 e. The average Bonchev–Trinajstić information content (AvgIpc) is 3.18. The highest BCUT2D eigenvalue weighted by Crippen LogP contribution is 2.31. The Labute approximate surface area is 192 Å². The first kappa shape index (κ1) is 21.3. The lowest BCUT2D eigenvalue weighted by Gasteiger charge is -2.19. The Morgan fingerprint density at radius 2 is 1.74 bits per heavy atom. The molecular formula is C22H17N5O6S. The van der Waals surface area contributed by atoms with Gasteiger partial charge in [0.05, 0.1) is 32.9 Å². The summed E-state index contributed by atoms with van der Waals surface area (Å²) in [5.74, 6) is -0.393. The van der Waals surface area contributed by atoms with Gasteiger partial charge in [-0.15, -0.1) is 0 Å². The lowest BCUT2D eigenvalue weighted by atomic mass is 10.1. The van der Waals surface area contributed by atoms with E-state index in [9.17, 15) is 22.8 Å². The van der Waals surface area contributed by atoms with E-state index in [4.69, 9.17) is 4.74 Å². The van der Waals surface area contributed by atoms with Crippen molar-refractivity contribution in [1.82, 2.24) is 9.97 Å². The topological polar surface area (TPSA) is 162 Å². The van der Waals surface area contributed by atoms with Crippen LogP contribution in [0.5, 0.6) is 5.75 Å². The number of hydrogen-bond acceptors (Lipinski definition) is 6. The highest BCUT2D eigenvalue weighted by atomic mass is 32.2. The summed E-state index contributed by atoms with van der Waals surface area (Å²) >= 11 is 0. The molecule has 11 nitrogen and oxygen atoms in total. The molecule has 1 aliphatic heterocycles. The van der Waals surface area contributed by atoms with E-state index in [-0.39, 0.29) is 28.7 Å². The first-order valence-corrected chi connectivity index (χ1v) is 11.5. The van der Waals surface area contributed by atoms with Gasteiger partial charge in [0.15, 0.2) is 6.61 Å². The molecule has 0 atom stereocenters. The van der Waals surface area contributed by atoms with Crippen molar-refractivity contribution in [2.24, 2.45) is 0 Å². The van der Waals surface area contributed by atoms with Crippen LogP contribution in [-0.2, 0) is 14.8 Å². The van der Waals surface area contributed by atoms with E-state index >= 15 is 0 Å². The molecule has 0 saturated carbocycles. The molecule has 0 aliphatic carbocycles. The van der Waals surface area contributed by atoms with E-state index in [1.54, 1.807) is 30.3 Å². The van der Waals surface area contributed by atoms with Crippen LogP contribution in [0.2, 0.25) is 0 Å². The molecule has 5 rings (SSSR count). The van der Waals surface area contributed by atoms with Crippen LogP contribution in [0.15, 0.2) is 70.4 Å². The number of anilines is 3. The monoisotopic (exact) mass is 479 g/mol. The summed E-state index contributed by atoms with van der Waals surface area (Å²) in [6.07, 6.45) is 0. The molecule has 0 spiro atoms. The number of carbonyl (C=O) groups is 2. The third-order valence-corrected chi connectivity index (χ3v) is 6.45. The number of nitrogens with one attached hydrogen (secondary N) is 5. The number of sulfonamides is 1. The normalized spacial score (nSPS) is 13.0. The number of benzene rings is 3. The molecule has 0 bridgehead atoms. The molecule has 0 radical (unpaired) electrons. The molecular weight excluding hydrogens is 462 g/mol. The van der Waals surface area contributed by atoms with E-state index in [2.05, 4.69) is 25.3 Å². The van der Waals surface area contributed by atoms with Crippen LogP contribution < -0.4 is 25.8 Å². The van der Waals surface area contributed by atoms with Crippen molar-refractivity contribution < 1.29 is 22.7 Å². The second-order valence-corrected chi connectivity index (χ2v) is 9.12. The maximum absolute atomic E-state index is 13.0. The average molecular weight is 479 g/mol. The van der Waals surface area contributed by atoms with Crippen LogP contribution in [0, 0.1) is 0 Å². The predicted molar refractivity (Wildman–Crippen MR) is 125 cm³/mol. The molecule has 5 N–H and O–H groups in total. The number of aromatic nitrogens is 2. The summed E-state index contributed by atoms with van der Waals surface area (Å²) in [5, 5.41) is 5.35. The molecule has 12 heteroatoms. The van der Waals surface area contributed by atoms with E-state index in [1.807, 2.05) is 0 Å². The number of ether oxygens (including phenoxy) is 1. The smallest absolute Gasteiger partial charge is 0.323 e. The van der Waals surface area contributed by atoms with Gasteiger partial charge in [0.1, 0.15) is 5.75 Å². The van der Waals surface area contributed by atoms with E-state index < -0.39 is 21.6 Å². The minimum atomic E-state index is -4.07. The first-order chi connectivity index (χ1) is 16.3. The molecule has 0 saturated heterocycles. The fourth-order valence-electron chi connectivity index (χ4n) is 3.51. The van der Waals surface area contributed by atoms with Gasteiger partial charge >= 0.3 is 5.69 Å². The number of imidazole rings is 1. The summed E-state index contributed by atoms with van der Waals surface area (Å²) in [4.78, 5) is 40.9. The predicted octanol–water partition coefficient (Wildman–Crippen LogP) is 2.24. The van der Waals surface area contributed by atoms with Crippen molar-refractivity contribution in [2.45, 2.75) is 4.90 Å². The van der Waals surface area contributed by atoms with Crippen molar-refractivity contribution in [3.05, 3.63) is 76.7 Å². The van der Waals surface area contributed by atoms with Gasteiger partial charge in [-0.05, 0) is 48.5 Å². The molecule has 2 amide bonds. The van der Waals surface area contributed by atoms with Crippen molar-refractivity contribution in [3.63, 3.8) is 0 Å². The van der Waals surface area contributed by atoms with Gasteiger partial charge in [0.25, 0.3) is 21.8 Å². The van der Waals surface area contributed by atoms with Crippen LogP contribution >= 0.6 is 0 Å². The first-order valence-electron chi connectivity index (χ1n) is 10.0. The maximum atomic E-state index is 13.0. The zero-order chi connectivity index (χ0) is 23.9. The van der Waals surface area contributed by atoms with E-state index in [0.29, 0.717) is 28.2 Å². The summed E-state index contributed by atoms with van der Waals surface area (Å²) in [7, 11) is -4.07. The van der Waals surface area contributed by atoms with Gasteiger partial charge in [-0.25, -0.2) is 13.2 Å². The summed E-state index contributed by atoms with van der Waals surface area (Å²) in [5.41, 5.74) is 1.30. The Morgan fingerprint density at radius 1 is 0.941 bits per heavy atom. The van der Waals surface area contributed by atoms with Crippen LogP contribution in [0.1, 0.15) is 10.4 Å². The molecule has 4 aromatic rings. The number of aromatic amines is 2. The molecule has 0 fully saturated rings. The number of amides is 2. The highest BCUT2D eigenvalue weighted by molar-refractivity contribution is 7.92. The molecule has 172 valence electrons. The SMILES string of the molecule is O=C1COc2ccc(NC(=O)c3ccccc3NS(=O)(=O)c3ccc4[nH]c(=O)[nH]c4c3)cc2N1. The molecule has 3 aromatic carbocycles. The summed E-state index contributed by atoms with van der Waals surface area (Å²) in [6.45, 7) is -0.0840. The second kappa shape index (κ2) is 8.08. The molecule has 0 unspecified atom stereocenters. The van der Waals surface area contributed by atoms with Gasteiger partial charge in [-0.1, -0.05) is 12.1 Å². The van der Waals surface area contributed by atoms with Crippen molar-refractivity contribution in [3.8, 4) is 5.75 Å². The number of rotatable bonds is 5. The third kappa shape index (κ3) is 4.09. The summed E-state index contributed by atoms with van der Waals surface area (Å²) < 4.78 is 33.7. The molecule has 1 aliphatic rings. The number of carbonyl (C=O) groups excluding carboxylic acids is 2. The fraction of sp³-hybridized carbons (Fsp3) is 0.0455. The Kier molecular flexibility index (Phi) is 5.06. The molecule has 34 heavy (non-hydrogen) atoms. The van der Waals surface area contributed by atoms with Crippen LogP contribution in [0.3, 0.4) is 0 Å². The highest BCUT2D eigenvalue weighted by Gasteiger charge is 2.21. The van der Waals surface area contributed by atoms with Crippen LogP contribution in [0.25, 0.3) is 11.0 Å². The zero-order valence-electron chi connectivity index (χ0n) is 17.3. The van der Waals surface area contributed by atoms with E-state index in [1.165, 1.54) is 30.3 Å². The van der Waals surface area contributed by atoms with Crippen LogP contribution in [-0.4, -0.2) is 36.8 Å². The standard InChI is InChI=1S/C22H17N5O6S/c28-20-11-33-19-8-5-12(9-18(19)24-20)23-21(29)14-3-1-2-4-15(14)27-34(31,32)13-6-7-16-17(10-13)26-22(30)25-16/h1-10,27H,11H2,(H,23,29)(H,24,28)(H2,25,26,30). The number of hydrogen-bond donors (Lipinski definition) is 5. The third-order valence-electron chi connectivity index (χ3n) is 5.08. The lowest BCUT2D eigenvalue weighted by Crippen LogP contribution is -2.25. The van der Waals surface area contributed by atoms with Gasteiger partial charge in [-0.3, -0.25) is 14.3 Å². The van der Waals surface area contributed by atoms with Gasteiger partial charge in [-0.2, -0.15) is 0 Å². The fourth-order valence-corrected chi connectivity index (χ4v) is 4.62. The van der Waals surface area contributed by atoms with Gasteiger partial charge in [0.2, 0.25) is 0 Å².